The van der Waals surface area contributed by atoms with Crippen molar-refractivity contribution in [3.8, 4) is 0 Å². The van der Waals surface area contributed by atoms with Crippen LogP contribution in [-0.4, -0.2) is 60.3 Å². The highest BCUT2D eigenvalue weighted by molar-refractivity contribution is 6.57. The first-order valence-electron chi connectivity index (χ1n) is 7.22. The van der Waals surface area contributed by atoms with Crippen LogP contribution in [0.1, 0.15) is 12.8 Å². The normalized spacial score (nSPS) is 16.9. The standard InChI is InChI=1S/C14H20BN3O3/c1-17(2)10-4-7-18(8-5-10)14-11-9-13(15(19)20)21-12(11)3-6-16-14/h3,6,9-10,19-20H,4-5,7-8H2,1-2H3. The molecule has 0 radical (unpaired) electrons. The Morgan fingerprint density at radius 2 is 2.05 bits per heavy atom. The van der Waals surface area contributed by atoms with Crippen molar-refractivity contribution in [1.29, 1.82) is 0 Å². The Hall–Kier alpha value is -1.57. The number of nitrogens with zero attached hydrogens (tertiary/aromatic N) is 3. The first-order chi connectivity index (χ1) is 10.1. The lowest BCUT2D eigenvalue weighted by molar-refractivity contribution is 0.249. The molecule has 3 rings (SSSR count). The molecule has 2 N–H and O–H groups in total. The largest absolute Gasteiger partial charge is 0.526 e. The molecule has 2 aromatic rings. The maximum absolute atomic E-state index is 9.24. The van der Waals surface area contributed by atoms with Gasteiger partial charge in [0.15, 0.2) is 0 Å². The zero-order chi connectivity index (χ0) is 15.0. The zero-order valence-corrected chi connectivity index (χ0v) is 12.4. The predicted molar refractivity (Wildman–Crippen MR) is 82.8 cm³/mol. The third kappa shape index (κ3) is 2.77. The van der Waals surface area contributed by atoms with Crippen molar-refractivity contribution in [1.82, 2.24) is 9.88 Å². The number of anilines is 1. The summed E-state index contributed by atoms with van der Waals surface area (Å²) < 4.78 is 5.45. The molecular weight excluding hydrogens is 269 g/mol. The van der Waals surface area contributed by atoms with Crippen molar-refractivity contribution < 1.29 is 14.5 Å². The first-order valence-corrected chi connectivity index (χ1v) is 7.22. The van der Waals surface area contributed by atoms with Gasteiger partial charge in [0, 0.05) is 25.3 Å². The summed E-state index contributed by atoms with van der Waals surface area (Å²) in [6.07, 6.45) is 3.89. The molecule has 0 amide bonds. The fourth-order valence-corrected chi connectivity index (χ4v) is 2.94. The van der Waals surface area contributed by atoms with E-state index in [-0.39, 0.29) is 5.66 Å². The summed E-state index contributed by atoms with van der Waals surface area (Å²) in [5, 5.41) is 19.3. The number of hydrogen-bond donors (Lipinski definition) is 2. The van der Waals surface area contributed by atoms with E-state index in [4.69, 9.17) is 4.42 Å². The van der Waals surface area contributed by atoms with Gasteiger partial charge in [-0.1, -0.05) is 0 Å². The van der Waals surface area contributed by atoms with E-state index in [0.29, 0.717) is 11.6 Å². The van der Waals surface area contributed by atoms with Crippen LogP contribution in [0, 0.1) is 0 Å². The molecule has 0 unspecified atom stereocenters. The van der Waals surface area contributed by atoms with Gasteiger partial charge in [0.1, 0.15) is 17.1 Å². The molecule has 2 aromatic heterocycles. The predicted octanol–water partition coefficient (Wildman–Crippen LogP) is 0.0380. The van der Waals surface area contributed by atoms with E-state index in [1.54, 1.807) is 18.3 Å². The molecule has 0 atom stereocenters. The molecule has 1 saturated heterocycles. The molecule has 112 valence electrons. The van der Waals surface area contributed by atoms with Gasteiger partial charge in [0.2, 0.25) is 0 Å². The van der Waals surface area contributed by atoms with Crippen LogP contribution in [0.4, 0.5) is 5.82 Å². The fraction of sp³-hybridized carbons (Fsp3) is 0.500. The fourth-order valence-electron chi connectivity index (χ4n) is 2.94. The molecule has 7 heteroatoms. The molecule has 1 aliphatic rings. The molecule has 0 bridgehead atoms. The first kappa shape index (κ1) is 14.4. The molecule has 21 heavy (non-hydrogen) atoms. The van der Waals surface area contributed by atoms with Gasteiger partial charge >= 0.3 is 7.12 Å². The van der Waals surface area contributed by atoms with Gasteiger partial charge in [0.05, 0.1) is 5.39 Å². The number of rotatable bonds is 3. The average Bonchev–Trinajstić information content (AvgIpc) is 2.91. The number of piperidine rings is 1. The van der Waals surface area contributed by atoms with E-state index in [2.05, 4.69) is 28.9 Å². The highest BCUT2D eigenvalue weighted by Crippen LogP contribution is 2.27. The Morgan fingerprint density at radius 3 is 2.67 bits per heavy atom. The van der Waals surface area contributed by atoms with Crippen LogP contribution in [0.2, 0.25) is 0 Å². The van der Waals surface area contributed by atoms with Crippen molar-refractivity contribution in [3.63, 3.8) is 0 Å². The van der Waals surface area contributed by atoms with Gasteiger partial charge in [-0.2, -0.15) is 0 Å². The minimum Gasteiger partial charge on any atom is -0.464 e. The lowest BCUT2D eigenvalue weighted by atomic mass is 9.88. The second-order valence-corrected chi connectivity index (χ2v) is 5.75. The van der Waals surface area contributed by atoms with E-state index >= 15 is 0 Å². The summed E-state index contributed by atoms with van der Waals surface area (Å²) in [5.74, 6) is 0.861. The average molecular weight is 289 g/mol. The Bertz CT molecular complexity index is 621. The number of fused-ring (bicyclic) bond motifs is 1. The highest BCUT2D eigenvalue weighted by atomic mass is 16.4. The molecule has 0 saturated carbocycles. The Balaban J connectivity index is 1.87. The molecule has 1 fully saturated rings. The van der Waals surface area contributed by atoms with Crippen molar-refractivity contribution in [2.45, 2.75) is 18.9 Å². The van der Waals surface area contributed by atoms with Crippen LogP contribution in [0.25, 0.3) is 11.0 Å². The van der Waals surface area contributed by atoms with Gasteiger partial charge in [0.25, 0.3) is 0 Å². The van der Waals surface area contributed by atoms with E-state index in [1.807, 2.05) is 0 Å². The van der Waals surface area contributed by atoms with Gasteiger partial charge < -0.3 is 24.3 Å². The molecular formula is C14H20BN3O3. The summed E-state index contributed by atoms with van der Waals surface area (Å²) in [6, 6.07) is 4.03. The summed E-state index contributed by atoms with van der Waals surface area (Å²) in [5.41, 5.74) is 0.792. The summed E-state index contributed by atoms with van der Waals surface area (Å²) in [7, 11) is 2.64. The maximum atomic E-state index is 9.24. The highest BCUT2D eigenvalue weighted by Gasteiger charge is 2.24. The topological polar surface area (TPSA) is 73.0 Å². The number of pyridine rings is 1. The van der Waals surface area contributed by atoms with Crippen LogP contribution in [0.5, 0.6) is 0 Å². The van der Waals surface area contributed by atoms with Crippen molar-refractivity contribution >= 4 is 29.6 Å². The van der Waals surface area contributed by atoms with Crippen molar-refractivity contribution in [2.75, 3.05) is 32.1 Å². The van der Waals surface area contributed by atoms with Crippen LogP contribution >= 0.6 is 0 Å². The minimum absolute atomic E-state index is 0.155. The summed E-state index contributed by atoms with van der Waals surface area (Å²) >= 11 is 0. The summed E-state index contributed by atoms with van der Waals surface area (Å²) in [6.45, 7) is 1.88. The second kappa shape index (κ2) is 5.67. The summed E-state index contributed by atoms with van der Waals surface area (Å²) in [4.78, 5) is 8.97. The number of hydrogen-bond acceptors (Lipinski definition) is 6. The van der Waals surface area contributed by atoms with E-state index in [0.717, 1.165) is 37.1 Å². The van der Waals surface area contributed by atoms with E-state index < -0.39 is 7.12 Å². The third-order valence-electron chi connectivity index (χ3n) is 4.19. The number of furan rings is 1. The van der Waals surface area contributed by atoms with E-state index in [9.17, 15) is 10.0 Å². The second-order valence-electron chi connectivity index (χ2n) is 5.75. The Morgan fingerprint density at radius 1 is 1.33 bits per heavy atom. The Kier molecular flexibility index (Phi) is 3.88. The van der Waals surface area contributed by atoms with Crippen LogP contribution < -0.4 is 10.6 Å². The Labute approximate surface area is 124 Å². The molecule has 3 heterocycles. The quantitative estimate of drug-likeness (QED) is 0.777. The number of aromatic nitrogens is 1. The molecule has 0 aliphatic carbocycles. The van der Waals surface area contributed by atoms with Gasteiger partial charge in [-0.3, -0.25) is 0 Å². The molecule has 0 aromatic carbocycles. The zero-order valence-electron chi connectivity index (χ0n) is 12.4. The van der Waals surface area contributed by atoms with E-state index in [1.165, 1.54) is 0 Å². The van der Waals surface area contributed by atoms with Crippen molar-refractivity contribution in [2.24, 2.45) is 0 Å². The van der Waals surface area contributed by atoms with Gasteiger partial charge in [-0.25, -0.2) is 4.98 Å². The van der Waals surface area contributed by atoms with Crippen LogP contribution in [-0.2, 0) is 0 Å². The molecule has 6 nitrogen and oxygen atoms in total. The molecule has 1 aliphatic heterocycles. The molecule has 0 spiro atoms. The monoisotopic (exact) mass is 289 g/mol. The third-order valence-corrected chi connectivity index (χ3v) is 4.19. The van der Waals surface area contributed by atoms with Crippen LogP contribution in [0.15, 0.2) is 22.7 Å². The lowest BCUT2D eigenvalue weighted by Gasteiger charge is -2.36. The SMILES string of the molecule is CN(C)C1CCN(c2nccc3oc(B(O)O)cc23)CC1. The minimum atomic E-state index is -1.59. The van der Waals surface area contributed by atoms with Gasteiger partial charge in [-0.15, -0.1) is 0 Å². The van der Waals surface area contributed by atoms with Crippen LogP contribution in [0.3, 0.4) is 0 Å². The maximum Gasteiger partial charge on any atom is 0.526 e. The van der Waals surface area contributed by atoms with Gasteiger partial charge in [-0.05, 0) is 39.1 Å². The van der Waals surface area contributed by atoms with Crippen molar-refractivity contribution in [3.05, 3.63) is 18.3 Å². The smallest absolute Gasteiger partial charge is 0.464 e. The lowest BCUT2D eigenvalue weighted by Crippen LogP contribution is -2.42.